The maximum Gasteiger partial charge on any atom is 0.253 e. The zero-order chi connectivity index (χ0) is 12.5. The van der Waals surface area contributed by atoms with Crippen molar-refractivity contribution in [2.75, 3.05) is 6.61 Å². The molecule has 4 nitrogen and oxygen atoms in total. The van der Waals surface area contributed by atoms with E-state index < -0.39 is 0 Å². The summed E-state index contributed by atoms with van der Waals surface area (Å²) >= 11 is 5.67. The molecule has 0 radical (unpaired) electrons. The molecule has 1 amide bonds. The number of pyridine rings is 1. The van der Waals surface area contributed by atoms with Gasteiger partial charge in [-0.3, -0.25) is 4.79 Å². The first-order valence-corrected chi connectivity index (χ1v) is 5.95. The predicted molar refractivity (Wildman–Crippen MR) is 65.1 cm³/mol. The minimum atomic E-state index is -0.309. The van der Waals surface area contributed by atoms with Gasteiger partial charge in [0.1, 0.15) is 5.15 Å². The van der Waals surface area contributed by atoms with E-state index in [1.165, 1.54) is 6.20 Å². The molecule has 1 aliphatic heterocycles. The summed E-state index contributed by atoms with van der Waals surface area (Å²) in [6.07, 6.45) is 2.31. The highest BCUT2D eigenvalue weighted by atomic mass is 35.5. The predicted octanol–water partition coefficient (Wildman–Crippen LogP) is 2.03. The Bertz CT molecular complexity index is 421. The summed E-state index contributed by atoms with van der Waals surface area (Å²) in [6.45, 7) is 4.64. The number of carbonyl (C=O) groups excluding carboxylic acids is 1. The van der Waals surface area contributed by atoms with Crippen LogP contribution in [0, 0.1) is 0 Å². The molecular weight excluding hydrogens is 240 g/mol. The van der Waals surface area contributed by atoms with Crippen LogP contribution in [0.25, 0.3) is 0 Å². The summed E-state index contributed by atoms with van der Waals surface area (Å²) in [6, 6.07) is 3.27. The van der Waals surface area contributed by atoms with Crippen LogP contribution < -0.4 is 5.32 Å². The minimum absolute atomic E-state index is 0.0201. The number of hydrogen-bond acceptors (Lipinski definition) is 3. The number of aromatic nitrogens is 1. The lowest BCUT2D eigenvalue weighted by atomic mass is 9.94. The second kappa shape index (κ2) is 4.63. The van der Waals surface area contributed by atoms with E-state index >= 15 is 0 Å². The molecule has 1 aromatic rings. The van der Waals surface area contributed by atoms with Gasteiger partial charge in [0.25, 0.3) is 5.91 Å². The van der Waals surface area contributed by atoms with Crippen LogP contribution in [0.4, 0.5) is 0 Å². The number of nitrogens with zero attached hydrogens (tertiary/aromatic N) is 1. The molecule has 92 valence electrons. The van der Waals surface area contributed by atoms with Crippen LogP contribution in [-0.2, 0) is 4.74 Å². The Morgan fingerprint density at radius 3 is 2.94 bits per heavy atom. The van der Waals surface area contributed by atoms with Crippen molar-refractivity contribution >= 4 is 17.5 Å². The lowest BCUT2D eigenvalue weighted by Crippen LogP contribution is -2.50. The summed E-state index contributed by atoms with van der Waals surface area (Å²) in [7, 11) is 0. The van der Waals surface area contributed by atoms with Crippen LogP contribution in [0.1, 0.15) is 30.6 Å². The van der Waals surface area contributed by atoms with E-state index in [4.69, 9.17) is 16.3 Å². The number of carbonyl (C=O) groups is 1. The summed E-state index contributed by atoms with van der Waals surface area (Å²) in [5.41, 5.74) is 0.200. The second-order valence-corrected chi connectivity index (χ2v) is 4.89. The van der Waals surface area contributed by atoms with Gasteiger partial charge in [-0.25, -0.2) is 4.98 Å². The van der Waals surface area contributed by atoms with Crippen molar-refractivity contribution in [3.63, 3.8) is 0 Å². The van der Waals surface area contributed by atoms with Gasteiger partial charge >= 0.3 is 0 Å². The largest absolute Gasteiger partial charge is 0.376 e. The van der Waals surface area contributed by atoms with E-state index in [1.807, 2.05) is 13.8 Å². The molecule has 2 heterocycles. The molecular formula is C12H15ClN2O2. The van der Waals surface area contributed by atoms with Crippen LogP contribution in [0.15, 0.2) is 18.3 Å². The van der Waals surface area contributed by atoms with Crippen LogP contribution in [0.3, 0.4) is 0 Å². The van der Waals surface area contributed by atoms with Crippen molar-refractivity contribution in [3.05, 3.63) is 29.0 Å². The van der Waals surface area contributed by atoms with Crippen molar-refractivity contribution in [2.45, 2.75) is 31.9 Å². The van der Waals surface area contributed by atoms with Crippen molar-refractivity contribution < 1.29 is 9.53 Å². The zero-order valence-electron chi connectivity index (χ0n) is 9.87. The average Bonchev–Trinajstić information content (AvgIpc) is 2.60. The van der Waals surface area contributed by atoms with Crippen LogP contribution in [0.5, 0.6) is 0 Å². The maximum absolute atomic E-state index is 12.0. The highest BCUT2D eigenvalue weighted by Crippen LogP contribution is 2.25. The first-order valence-electron chi connectivity index (χ1n) is 5.57. The van der Waals surface area contributed by atoms with Gasteiger partial charge in [-0.2, -0.15) is 0 Å². The van der Waals surface area contributed by atoms with E-state index in [2.05, 4.69) is 10.3 Å². The van der Waals surface area contributed by atoms with Gasteiger partial charge in [-0.05, 0) is 32.4 Å². The summed E-state index contributed by atoms with van der Waals surface area (Å²) in [4.78, 5) is 15.9. The molecule has 1 aromatic heterocycles. The summed E-state index contributed by atoms with van der Waals surface area (Å²) < 4.78 is 5.47. The monoisotopic (exact) mass is 254 g/mol. The quantitative estimate of drug-likeness (QED) is 0.822. The SMILES string of the molecule is CC1OCCC1(C)NC(=O)c1ccc(Cl)nc1. The Morgan fingerprint density at radius 1 is 1.65 bits per heavy atom. The summed E-state index contributed by atoms with van der Waals surface area (Å²) in [5.74, 6) is -0.144. The van der Waals surface area contributed by atoms with Gasteiger partial charge in [0, 0.05) is 12.8 Å². The van der Waals surface area contributed by atoms with Gasteiger partial charge in [0.05, 0.1) is 17.2 Å². The fraction of sp³-hybridized carbons (Fsp3) is 0.500. The molecule has 1 N–H and O–H groups in total. The van der Waals surface area contributed by atoms with Gasteiger partial charge in [-0.15, -0.1) is 0 Å². The third kappa shape index (κ3) is 2.58. The van der Waals surface area contributed by atoms with E-state index in [1.54, 1.807) is 12.1 Å². The first-order chi connectivity index (χ1) is 8.01. The molecule has 2 rings (SSSR count). The van der Waals surface area contributed by atoms with Crippen molar-refractivity contribution in [1.82, 2.24) is 10.3 Å². The fourth-order valence-corrected chi connectivity index (χ4v) is 1.95. The van der Waals surface area contributed by atoms with E-state index in [0.717, 1.165) is 6.42 Å². The number of ether oxygens (including phenoxy) is 1. The number of nitrogens with one attached hydrogen (secondary N) is 1. The third-order valence-electron chi connectivity index (χ3n) is 3.28. The Labute approximate surface area is 105 Å². The molecule has 2 atom stereocenters. The minimum Gasteiger partial charge on any atom is -0.376 e. The molecule has 1 saturated heterocycles. The van der Waals surface area contributed by atoms with Crippen LogP contribution in [-0.4, -0.2) is 29.1 Å². The standard InChI is InChI=1S/C12H15ClN2O2/c1-8-12(2,5-6-17-8)15-11(16)9-3-4-10(13)14-7-9/h3-4,7-8H,5-6H2,1-2H3,(H,15,16). The number of halogens is 1. The molecule has 17 heavy (non-hydrogen) atoms. The molecule has 0 bridgehead atoms. The van der Waals surface area contributed by atoms with E-state index in [-0.39, 0.29) is 17.6 Å². The highest BCUT2D eigenvalue weighted by molar-refractivity contribution is 6.29. The molecule has 0 aromatic carbocycles. The van der Waals surface area contributed by atoms with Crippen molar-refractivity contribution in [3.8, 4) is 0 Å². The number of hydrogen-bond donors (Lipinski definition) is 1. The third-order valence-corrected chi connectivity index (χ3v) is 3.50. The lowest BCUT2D eigenvalue weighted by molar-refractivity contribution is 0.0727. The second-order valence-electron chi connectivity index (χ2n) is 4.50. The molecule has 5 heteroatoms. The number of rotatable bonds is 2. The zero-order valence-corrected chi connectivity index (χ0v) is 10.6. The number of amides is 1. The Kier molecular flexibility index (Phi) is 3.35. The molecule has 0 spiro atoms. The smallest absolute Gasteiger partial charge is 0.253 e. The van der Waals surface area contributed by atoms with Crippen LogP contribution >= 0.6 is 11.6 Å². The Hall–Kier alpha value is -1.13. The molecule has 1 fully saturated rings. The van der Waals surface area contributed by atoms with Gasteiger partial charge < -0.3 is 10.1 Å². The molecule has 2 unspecified atom stereocenters. The van der Waals surface area contributed by atoms with Gasteiger partial charge in [0.2, 0.25) is 0 Å². The fourth-order valence-electron chi connectivity index (χ4n) is 1.84. The normalized spacial score (nSPS) is 28.1. The van der Waals surface area contributed by atoms with Crippen molar-refractivity contribution in [2.24, 2.45) is 0 Å². The average molecular weight is 255 g/mol. The van der Waals surface area contributed by atoms with Crippen molar-refractivity contribution in [1.29, 1.82) is 0 Å². The lowest BCUT2D eigenvalue weighted by Gasteiger charge is -2.28. The van der Waals surface area contributed by atoms with Gasteiger partial charge in [-0.1, -0.05) is 11.6 Å². The van der Waals surface area contributed by atoms with Crippen LogP contribution in [0.2, 0.25) is 5.15 Å². The molecule has 1 aliphatic rings. The van der Waals surface area contributed by atoms with Gasteiger partial charge in [0.15, 0.2) is 0 Å². The maximum atomic E-state index is 12.0. The van der Waals surface area contributed by atoms with E-state index in [9.17, 15) is 4.79 Å². The van der Waals surface area contributed by atoms with E-state index in [0.29, 0.717) is 17.3 Å². The summed E-state index contributed by atoms with van der Waals surface area (Å²) in [5, 5.41) is 3.37. The Morgan fingerprint density at radius 2 is 2.41 bits per heavy atom. The molecule has 0 saturated carbocycles. The molecule has 0 aliphatic carbocycles. The first kappa shape index (κ1) is 12.3. The Balaban J connectivity index is 2.09. The highest BCUT2D eigenvalue weighted by Gasteiger charge is 2.38. The topological polar surface area (TPSA) is 51.2 Å².